The van der Waals surface area contributed by atoms with Gasteiger partial charge in [0, 0.05) is 5.54 Å². The summed E-state index contributed by atoms with van der Waals surface area (Å²) in [5, 5.41) is 12.4. The SMILES string of the molecule is N#Cc1cnc(Cl)nc1NC12CC(C1)C2. The molecular formula is C10H9ClN4. The number of hydrogen-bond acceptors (Lipinski definition) is 4. The minimum atomic E-state index is 0.183. The number of halogens is 1. The van der Waals surface area contributed by atoms with Crippen molar-refractivity contribution < 1.29 is 0 Å². The Morgan fingerprint density at radius 2 is 2.27 bits per heavy atom. The summed E-state index contributed by atoms with van der Waals surface area (Å²) in [7, 11) is 0. The molecule has 76 valence electrons. The molecule has 5 heteroatoms. The maximum absolute atomic E-state index is 8.90. The van der Waals surface area contributed by atoms with E-state index in [0.717, 1.165) is 5.92 Å². The number of aromatic nitrogens is 2. The van der Waals surface area contributed by atoms with Gasteiger partial charge in [-0.1, -0.05) is 0 Å². The first-order chi connectivity index (χ1) is 7.21. The quantitative estimate of drug-likeness (QED) is 0.774. The van der Waals surface area contributed by atoms with Crippen LogP contribution in [0.1, 0.15) is 24.8 Å². The average molecular weight is 221 g/mol. The first kappa shape index (κ1) is 8.93. The van der Waals surface area contributed by atoms with Crippen LogP contribution in [0.2, 0.25) is 5.28 Å². The maximum Gasteiger partial charge on any atom is 0.224 e. The number of hydrogen-bond donors (Lipinski definition) is 1. The highest BCUT2D eigenvalue weighted by atomic mass is 35.5. The molecule has 1 heterocycles. The van der Waals surface area contributed by atoms with Crippen LogP contribution in [0.4, 0.5) is 5.82 Å². The maximum atomic E-state index is 8.90. The molecule has 1 N–H and O–H groups in total. The highest BCUT2D eigenvalue weighted by molar-refractivity contribution is 6.28. The standard InChI is InChI=1S/C10H9ClN4/c11-9-13-5-7(4-12)8(14-9)15-10-1-6(2-10)3-10/h5-6H,1-3H2,(H,13,14,15). The van der Waals surface area contributed by atoms with Gasteiger partial charge in [0.15, 0.2) is 0 Å². The zero-order chi connectivity index (χ0) is 10.5. The number of rotatable bonds is 2. The Morgan fingerprint density at radius 1 is 1.53 bits per heavy atom. The summed E-state index contributed by atoms with van der Waals surface area (Å²) in [5.74, 6) is 1.47. The molecule has 0 radical (unpaired) electrons. The molecule has 1 aromatic rings. The lowest BCUT2D eigenvalue weighted by Gasteiger charge is -2.62. The zero-order valence-electron chi connectivity index (χ0n) is 8.00. The number of nitrogens with one attached hydrogen (secondary N) is 1. The lowest BCUT2D eigenvalue weighted by molar-refractivity contribution is 0.00178. The molecule has 15 heavy (non-hydrogen) atoms. The number of nitrogens with zero attached hydrogens (tertiary/aromatic N) is 3. The van der Waals surface area contributed by atoms with Gasteiger partial charge in [-0.3, -0.25) is 0 Å². The molecule has 3 fully saturated rings. The molecule has 2 bridgehead atoms. The van der Waals surface area contributed by atoms with E-state index in [4.69, 9.17) is 16.9 Å². The Bertz CT molecular complexity index is 448. The molecule has 4 rings (SSSR count). The summed E-state index contributed by atoms with van der Waals surface area (Å²) in [6, 6.07) is 2.06. The van der Waals surface area contributed by atoms with Crippen LogP contribution in [-0.2, 0) is 0 Å². The van der Waals surface area contributed by atoms with Crippen molar-refractivity contribution >= 4 is 17.4 Å². The van der Waals surface area contributed by atoms with E-state index >= 15 is 0 Å². The molecule has 3 aliphatic rings. The summed E-state index contributed by atoms with van der Waals surface area (Å²) in [6.07, 6.45) is 5.04. The fourth-order valence-corrected chi connectivity index (χ4v) is 2.55. The van der Waals surface area contributed by atoms with E-state index in [1.807, 2.05) is 0 Å². The van der Waals surface area contributed by atoms with Crippen molar-refractivity contribution in [3.63, 3.8) is 0 Å². The predicted octanol–water partition coefficient (Wildman–Crippen LogP) is 1.97. The second-order valence-electron chi connectivity index (χ2n) is 4.40. The second-order valence-corrected chi connectivity index (χ2v) is 4.73. The summed E-state index contributed by atoms with van der Waals surface area (Å²) in [5.41, 5.74) is 0.664. The molecule has 0 aliphatic heterocycles. The van der Waals surface area contributed by atoms with Crippen molar-refractivity contribution in [1.82, 2.24) is 9.97 Å². The van der Waals surface area contributed by atoms with E-state index in [-0.39, 0.29) is 10.8 Å². The van der Waals surface area contributed by atoms with Crippen LogP contribution >= 0.6 is 11.6 Å². The van der Waals surface area contributed by atoms with Crippen LogP contribution in [0.15, 0.2) is 6.20 Å². The molecule has 4 nitrogen and oxygen atoms in total. The highest BCUT2D eigenvalue weighted by Crippen LogP contribution is 2.58. The molecule has 0 aromatic carbocycles. The van der Waals surface area contributed by atoms with Crippen molar-refractivity contribution in [1.29, 1.82) is 5.26 Å². The van der Waals surface area contributed by atoms with Crippen molar-refractivity contribution in [2.24, 2.45) is 5.92 Å². The topological polar surface area (TPSA) is 61.6 Å². The molecule has 0 atom stereocenters. The Morgan fingerprint density at radius 3 is 2.80 bits per heavy atom. The zero-order valence-corrected chi connectivity index (χ0v) is 8.75. The molecular weight excluding hydrogens is 212 g/mol. The van der Waals surface area contributed by atoms with E-state index in [1.54, 1.807) is 0 Å². The number of anilines is 1. The van der Waals surface area contributed by atoms with Gasteiger partial charge < -0.3 is 5.32 Å². The van der Waals surface area contributed by atoms with E-state index in [1.165, 1.54) is 25.5 Å². The van der Waals surface area contributed by atoms with Gasteiger partial charge in [0.1, 0.15) is 17.5 Å². The van der Waals surface area contributed by atoms with Crippen LogP contribution in [-0.4, -0.2) is 15.5 Å². The van der Waals surface area contributed by atoms with Gasteiger partial charge in [-0.25, -0.2) is 4.98 Å². The molecule has 0 spiro atoms. The van der Waals surface area contributed by atoms with Crippen molar-refractivity contribution in [2.75, 3.05) is 5.32 Å². The largest absolute Gasteiger partial charge is 0.363 e. The Labute approximate surface area is 92.3 Å². The summed E-state index contributed by atoms with van der Waals surface area (Å²) in [6.45, 7) is 0. The van der Waals surface area contributed by atoms with Gasteiger partial charge in [-0.05, 0) is 36.8 Å². The summed E-state index contributed by atoms with van der Waals surface area (Å²) in [4.78, 5) is 7.85. The fraction of sp³-hybridized carbons (Fsp3) is 0.500. The minimum Gasteiger partial charge on any atom is -0.363 e. The molecule has 1 aromatic heterocycles. The Balaban J connectivity index is 1.89. The molecule has 0 amide bonds. The van der Waals surface area contributed by atoms with Crippen LogP contribution in [0.3, 0.4) is 0 Å². The van der Waals surface area contributed by atoms with Gasteiger partial charge in [0.2, 0.25) is 5.28 Å². The fourth-order valence-electron chi connectivity index (χ4n) is 2.42. The monoisotopic (exact) mass is 220 g/mol. The van der Waals surface area contributed by atoms with E-state index < -0.39 is 0 Å². The highest BCUT2D eigenvalue weighted by Gasteiger charge is 2.56. The van der Waals surface area contributed by atoms with Crippen molar-refractivity contribution in [2.45, 2.75) is 24.8 Å². The van der Waals surface area contributed by atoms with Crippen LogP contribution < -0.4 is 5.32 Å². The van der Waals surface area contributed by atoms with Gasteiger partial charge >= 0.3 is 0 Å². The number of nitriles is 1. The third-order valence-corrected chi connectivity index (χ3v) is 3.48. The van der Waals surface area contributed by atoms with Crippen molar-refractivity contribution in [3.05, 3.63) is 17.0 Å². The molecule has 3 saturated carbocycles. The predicted molar refractivity (Wildman–Crippen MR) is 55.5 cm³/mol. The second kappa shape index (κ2) is 2.83. The van der Waals surface area contributed by atoms with Crippen molar-refractivity contribution in [3.8, 4) is 6.07 Å². The molecule has 0 saturated heterocycles. The van der Waals surface area contributed by atoms with Gasteiger partial charge in [0.25, 0.3) is 0 Å². The van der Waals surface area contributed by atoms with Gasteiger partial charge in [-0.15, -0.1) is 0 Å². The van der Waals surface area contributed by atoms with Crippen LogP contribution in [0.25, 0.3) is 0 Å². The first-order valence-corrected chi connectivity index (χ1v) is 5.29. The molecule has 3 aliphatic carbocycles. The average Bonchev–Trinajstić information content (AvgIpc) is 2.10. The van der Waals surface area contributed by atoms with Crippen LogP contribution in [0.5, 0.6) is 0 Å². The summed E-state index contributed by atoms with van der Waals surface area (Å²) < 4.78 is 0. The lowest BCUT2D eigenvalue weighted by atomic mass is 9.50. The van der Waals surface area contributed by atoms with Gasteiger partial charge in [0.05, 0.1) is 6.20 Å². The molecule has 0 unspecified atom stereocenters. The van der Waals surface area contributed by atoms with E-state index in [9.17, 15) is 0 Å². The van der Waals surface area contributed by atoms with E-state index in [0.29, 0.717) is 11.4 Å². The lowest BCUT2D eigenvalue weighted by Crippen LogP contribution is -2.63. The third-order valence-electron chi connectivity index (χ3n) is 3.30. The summed E-state index contributed by atoms with van der Waals surface area (Å²) >= 11 is 5.71. The Hall–Kier alpha value is -1.34. The third kappa shape index (κ3) is 1.27. The minimum absolute atomic E-state index is 0.183. The van der Waals surface area contributed by atoms with Gasteiger partial charge in [-0.2, -0.15) is 10.2 Å². The van der Waals surface area contributed by atoms with Crippen LogP contribution in [0, 0.1) is 17.2 Å². The smallest absolute Gasteiger partial charge is 0.224 e. The Kier molecular flexibility index (Phi) is 1.68. The normalized spacial score (nSPS) is 31.1. The van der Waals surface area contributed by atoms with E-state index in [2.05, 4.69) is 21.4 Å². The first-order valence-electron chi connectivity index (χ1n) is 4.92.